The van der Waals surface area contributed by atoms with Crippen LogP contribution in [0.15, 0.2) is 59.7 Å². The number of aryl methyl sites for hydroxylation is 2. The highest BCUT2D eigenvalue weighted by atomic mass is 16.1. The second-order valence-corrected chi connectivity index (χ2v) is 10.4. The van der Waals surface area contributed by atoms with Crippen molar-refractivity contribution in [2.24, 2.45) is 5.92 Å². The fraction of sp³-hybridized carbons (Fsp3) is 0.448. The number of nitrogens with one attached hydrogen (secondary N) is 1. The fourth-order valence-corrected chi connectivity index (χ4v) is 5.38. The van der Waals surface area contributed by atoms with Crippen LogP contribution in [0.1, 0.15) is 44.7 Å². The van der Waals surface area contributed by atoms with Gasteiger partial charge in [0.05, 0.1) is 11.4 Å². The van der Waals surface area contributed by atoms with Crippen molar-refractivity contribution >= 4 is 16.8 Å². The van der Waals surface area contributed by atoms with Gasteiger partial charge in [0.25, 0.3) is 5.56 Å². The molecule has 0 unspecified atom stereocenters. The number of para-hydroxylation sites is 1. The largest absolute Gasteiger partial charge is 0.356 e. The minimum Gasteiger partial charge on any atom is -0.356 e. The number of amides is 1. The molecule has 200 valence electrons. The monoisotopic (exact) mass is 515 g/mol. The van der Waals surface area contributed by atoms with Crippen LogP contribution in [0.3, 0.4) is 0 Å². The van der Waals surface area contributed by atoms with Gasteiger partial charge >= 0.3 is 0 Å². The summed E-state index contributed by atoms with van der Waals surface area (Å²) in [4.78, 5) is 28.5. The van der Waals surface area contributed by atoms with E-state index in [0.717, 1.165) is 31.1 Å². The molecule has 9 heteroatoms. The first kappa shape index (κ1) is 25.9. The zero-order chi connectivity index (χ0) is 26.5. The van der Waals surface area contributed by atoms with Crippen molar-refractivity contribution in [2.45, 2.75) is 52.5 Å². The number of benzene rings is 1. The van der Waals surface area contributed by atoms with Crippen LogP contribution in [0.5, 0.6) is 0 Å². The summed E-state index contributed by atoms with van der Waals surface area (Å²) in [6, 6.07) is 13.6. The summed E-state index contributed by atoms with van der Waals surface area (Å²) >= 11 is 0. The summed E-state index contributed by atoms with van der Waals surface area (Å²) < 4.78 is 5.18. The third-order valence-corrected chi connectivity index (χ3v) is 7.26. The number of carbonyl (C=O) groups excluding carboxylic acids is 1. The average molecular weight is 516 g/mol. The molecule has 1 saturated heterocycles. The van der Waals surface area contributed by atoms with Crippen molar-refractivity contribution in [2.75, 3.05) is 26.2 Å². The van der Waals surface area contributed by atoms with Crippen LogP contribution in [0.25, 0.3) is 22.4 Å². The van der Waals surface area contributed by atoms with Crippen molar-refractivity contribution in [3.63, 3.8) is 0 Å². The van der Waals surface area contributed by atoms with Crippen molar-refractivity contribution < 1.29 is 4.79 Å². The Morgan fingerprint density at radius 2 is 1.84 bits per heavy atom. The number of piperidine rings is 1. The third kappa shape index (κ3) is 5.72. The first-order valence-electron chi connectivity index (χ1n) is 13.7. The van der Waals surface area contributed by atoms with E-state index in [2.05, 4.69) is 22.2 Å². The summed E-state index contributed by atoms with van der Waals surface area (Å²) in [6.45, 7) is 8.60. The zero-order valence-corrected chi connectivity index (χ0v) is 22.3. The molecule has 1 N–H and O–H groups in total. The Labute approximate surface area is 223 Å². The van der Waals surface area contributed by atoms with Crippen molar-refractivity contribution in [1.82, 2.24) is 34.3 Å². The van der Waals surface area contributed by atoms with Crippen LogP contribution in [-0.4, -0.2) is 61.1 Å². The van der Waals surface area contributed by atoms with Crippen LogP contribution in [-0.2, 0) is 11.3 Å². The first-order valence-corrected chi connectivity index (χ1v) is 13.7. The van der Waals surface area contributed by atoms with Gasteiger partial charge in [0.1, 0.15) is 10.9 Å². The first-order chi connectivity index (χ1) is 18.5. The molecule has 4 heterocycles. The average Bonchev–Trinajstić information content (AvgIpc) is 3.59. The molecule has 0 bridgehead atoms. The van der Waals surface area contributed by atoms with Gasteiger partial charge in [0.2, 0.25) is 5.91 Å². The van der Waals surface area contributed by atoms with Crippen LogP contribution in [0.4, 0.5) is 0 Å². The maximum absolute atomic E-state index is 13.6. The lowest BCUT2D eigenvalue weighted by atomic mass is 10.0. The number of hydrogen-bond acceptors (Lipinski definition) is 5. The Hall–Kier alpha value is -3.72. The quantitative estimate of drug-likeness (QED) is 0.325. The molecule has 3 aromatic heterocycles. The lowest BCUT2D eigenvalue weighted by Gasteiger charge is -2.30. The highest BCUT2D eigenvalue weighted by molar-refractivity contribution is 5.87. The predicted octanol–water partition coefficient (Wildman–Crippen LogP) is 3.70. The van der Waals surface area contributed by atoms with Crippen LogP contribution < -0.4 is 10.9 Å². The van der Waals surface area contributed by atoms with E-state index in [1.807, 2.05) is 66.3 Å². The van der Waals surface area contributed by atoms with Crippen LogP contribution in [0.2, 0.25) is 0 Å². The smallest absolute Gasteiger partial charge is 0.280 e. The maximum atomic E-state index is 13.6. The number of likely N-dealkylation sites (tertiary alicyclic amines) is 1. The van der Waals surface area contributed by atoms with E-state index in [1.165, 1.54) is 24.1 Å². The molecule has 38 heavy (non-hydrogen) atoms. The Morgan fingerprint density at radius 3 is 2.61 bits per heavy atom. The van der Waals surface area contributed by atoms with Gasteiger partial charge in [-0.25, -0.2) is 9.36 Å². The summed E-state index contributed by atoms with van der Waals surface area (Å²) in [5.74, 6) is 1.47. The SMILES string of the molecule is Cc1nn(CCCC(=O)NCCCN2CCC[C@@H](C)C2)c(=O)c2c(-n3cccc3)n(-c3ccccc3)nc12. The van der Waals surface area contributed by atoms with Gasteiger partial charge in [-0.1, -0.05) is 25.1 Å². The summed E-state index contributed by atoms with van der Waals surface area (Å²) in [7, 11) is 0. The van der Waals surface area contributed by atoms with E-state index < -0.39 is 0 Å². The van der Waals surface area contributed by atoms with Crippen molar-refractivity contribution in [3.8, 4) is 11.5 Å². The van der Waals surface area contributed by atoms with Crippen LogP contribution >= 0.6 is 0 Å². The number of aromatic nitrogens is 5. The maximum Gasteiger partial charge on any atom is 0.280 e. The molecule has 0 spiro atoms. The lowest BCUT2D eigenvalue weighted by Crippen LogP contribution is -2.36. The van der Waals surface area contributed by atoms with Crippen molar-refractivity contribution in [3.05, 3.63) is 70.9 Å². The molecule has 1 aliphatic heterocycles. The Morgan fingerprint density at radius 1 is 1.05 bits per heavy atom. The van der Waals surface area contributed by atoms with Gasteiger partial charge < -0.3 is 14.8 Å². The fourth-order valence-electron chi connectivity index (χ4n) is 5.38. The van der Waals surface area contributed by atoms with E-state index >= 15 is 0 Å². The van der Waals surface area contributed by atoms with E-state index in [-0.39, 0.29) is 11.5 Å². The molecule has 1 fully saturated rings. The molecular formula is C29H37N7O2. The van der Waals surface area contributed by atoms with Gasteiger partial charge in [0.15, 0.2) is 5.82 Å². The lowest BCUT2D eigenvalue weighted by molar-refractivity contribution is -0.121. The van der Waals surface area contributed by atoms with E-state index in [0.29, 0.717) is 48.3 Å². The molecule has 4 aromatic rings. The Kier molecular flexibility index (Phi) is 8.03. The van der Waals surface area contributed by atoms with Crippen molar-refractivity contribution in [1.29, 1.82) is 0 Å². The van der Waals surface area contributed by atoms with E-state index in [1.54, 1.807) is 4.68 Å². The zero-order valence-electron chi connectivity index (χ0n) is 22.3. The van der Waals surface area contributed by atoms with E-state index in [9.17, 15) is 9.59 Å². The molecule has 5 rings (SSSR count). The summed E-state index contributed by atoms with van der Waals surface area (Å²) in [5.41, 5.74) is 1.93. The number of fused-ring (bicyclic) bond motifs is 1. The molecule has 9 nitrogen and oxygen atoms in total. The number of nitrogens with zero attached hydrogens (tertiary/aromatic N) is 6. The van der Waals surface area contributed by atoms with Gasteiger partial charge in [0, 0.05) is 38.4 Å². The molecule has 1 aromatic carbocycles. The number of carbonyl (C=O) groups is 1. The molecule has 1 aliphatic rings. The topological polar surface area (TPSA) is 90.0 Å². The van der Waals surface area contributed by atoms with E-state index in [4.69, 9.17) is 5.10 Å². The van der Waals surface area contributed by atoms with Crippen LogP contribution in [0, 0.1) is 12.8 Å². The summed E-state index contributed by atoms with van der Waals surface area (Å²) in [5, 5.41) is 12.9. The minimum absolute atomic E-state index is 0.0211. The normalized spacial score (nSPS) is 16.2. The third-order valence-electron chi connectivity index (χ3n) is 7.26. The molecule has 1 atom stereocenters. The molecule has 0 aliphatic carbocycles. The molecule has 0 radical (unpaired) electrons. The standard InChI is InChI=1S/C29H37N7O2/c1-22-11-8-16-33(21-22)17-10-15-30-25(37)14-9-20-35-29(38)26-27(23(2)31-35)32-36(24-12-4-3-5-13-24)28(26)34-18-6-7-19-34/h3-7,12-13,18-19,22H,8-11,14-17,20-21H2,1-2H3,(H,30,37)/t22-/m1/s1. The highest BCUT2D eigenvalue weighted by Gasteiger charge is 2.21. The number of hydrogen-bond donors (Lipinski definition) is 1. The van der Waals surface area contributed by atoms with Gasteiger partial charge in [-0.2, -0.15) is 10.2 Å². The van der Waals surface area contributed by atoms with Gasteiger partial charge in [-0.15, -0.1) is 0 Å². The predicted molar refractivity (Wildman–Crippen MR) is 149 cm³/mol. The number of rotatable bonds is 10. The second kappa shape index (κ2) is 11.8. The Balaban J connectivity index is 1.26. The second-order valence-electron chi connectivity index (χ2n) is 10.4. The minimum atomic E-state index is -0.201. The molecular weight excluding hydrogens is 478 g/mol. The Bertz CT molecular complexity index is 1420. The van der Waals surface area contributed by atoms with Gasteiger partial charge in [-0.3, -0.25) is 9.59 Å². The van der Waals surface area contributed by atoms with Gasteiger partial charge in [-0.05, 0) is 75.9 Å². The molecule has 1 amide bonds. The highest BCUT2D eigenvalue weighted by Crippen LogP contribution is 2.24. The summed E-state index contributed by atoms with van der Waals surface area (Å²) in [6.07, 6.45) is 8.27. The molecule has 0 saturated carbocycles.